The molecule has 0 atom stereocenters. The van der Waals surface area contributed by atoms with Gasteiger partial charge in [0.15, 0.2) is 17.3 Å². The van der Waals surface area contributed by atoms with Crippen LogP contribution in [-0.2, 0) is 16.2 Å². The van der Waals surface area contributed by atoms with Gasteiger partial charge in [-0.25, -0.2) is 32.8 Å². The third kappa shape index (κ3) is 4.02. The summed E-state index contributed by atoms with van der Waals surface area (Å²) < 4.78 is 43.6. The van der Waals surface area contributed by atoms with Gasteiger partial charge < -0.3 is 4.84 Å². The van der Waals surface area contributed by atoms with Crippen LogP contribution < -0.4 is 5.06 Å². The zero-order valence-electron chi connectivity index (χ0n) is 16.4. The van der Waals surface area contributed by atoms with E-state index in [1.54, 1.807) is 18.2 Å². The van der Waals surface area contributed by atoms with Gasteiger partial charge in [0.2, 0.25) is 5.82 Å². The van der Waals surface area contributed by atoms with Crippen LogP contribution in [0.5, 0.6) is 0 Å². The first kappa shape index (κ1) is 20.3. The van der Waals surface area contributed by atoms with Crippen molar-refractivity contribution in [3.63, 3.8) is 0 Å². The zero-order valence-corrected chi connectivity index (χ0v) is 16.4. The fourth-order valence-electron chi connectivity index (χ4n) is 3.03. The number of hydroxylamine groups is 1. The molecule has 0 saturated heterocycles. The molecule has 0 spiro atoms. The van der Waals surface area contributed by atoms with E-state index in [0.717, 1.165) is 24.4 Å². The third-order valence-electron chi connectivity index (χ3n) is 4.33. The normalized spacial score (nSPS) is 11.0. The Balaban J connectivity index is 1.84. The quantitative estimate of drug-likeness (QED) is 0.451. The van der Waals surface area contributed by atoms with Gasteiger partial charge in [-0.2, -0.15) is 10.2 Å². The number of pyridine rings is 1. The number of carbonyl (C=O) groups excluding carboxylic acids is 1. The molecule has 4 rings (SSSR count). The third-order valence-corrected chi connectivity index (χ3v) is 4.33. The van der Waals surface area contributed by atoms with Crippen molar-refractivity contribution in [2.75, 3.05) is 12.1 Å². The summed E-state index contributed by atoms with van der Waals surface area (Å²) in [5.41, 5.74) is 0.721. The van der Waals surface area contributed by atoms with Gasteiger partial charge in [0.25, 0.3) is 0 Å². The molecule has 0 radical (unpaired) electrons. The maximum atomic E-state index is 14.2. The average Bonchev–Trinajstić information content (AvgIpc) is 3.07. The minimum absolute atomic E-state index is 0.0171. The van der Waals surface area contributed by atoms with Crippen LogP contribution in [0, 0.1) is 17.5 Å². The lowest BCUT2D eigenvalue weighted by atomic mass is 10.2. The number of halogens is 3. The number of fused-ring (bicyclic) bond motifs is 1. The summed E-state index contributed by atoms with van der Waals surface area (Å²) in [6.45, 7) is 1.17. The molecule has 0 N–H and O–H groups in total. The topological polar surface area (TPSA) is 86.0 Å². The van der Waals surface area contributed by atoms with Gasteiger partial charge in [-0.3, -0.25) is 4.79 Å². The van der Waals surface area contributed by atoms with Crippen molar-refractivity contribution in [3.05, 3.63) is 65.7 Å². The molecule has 0 unspecified atom stereocenters. The Labute approximate surface area is 173 Å². The number of anilines is 1. The number of hydrogen-bond acceptors (Lipinski definition) is 7. The summed E-state index contributed by atoms with van der Waals surface area (Å²) in [5.74, 6) is -2.95. The SMILES string of the molecule is CC(=O)ON(C)c1nc(-c2nn(Cc3ccccc3F)c3ncc(F)cc23)ncc1F. The van der Waals surface area contributed by atoms with Crippen molar-refractivity contribution in [1.82, 2.24) is 24.7 Å². The van der Waals surface area contributed by atoms with Crippen LogP contribution in [0.2, 0.25) is 0 Å². The fourth-order valence-corrected chi connectivity index (χ4v) is 3.03. The van der Waals surface area contributed by atoms with E-state index < -0.39 is 23.4 Å². The molecule has 0 aliphatic heterocycles. The largest absolute Gasteiger partial charge is 0.340 e. The Morgan fingerprint density at radius 2 is 1.90 bits per heavy atom. The summed E-state index contributed by atoms with van der Waals surface area (Å²) in [7, 11) is 1.30. The van der Waals surface area contributed by atoms with Gasteiger partial charge >= 0.3 is 5.97 Å². The summed E-state index contributed by atoms with van der Waals surface area (Å²) in [5, 5.41) is 5.48. The molecule has 1 aromatic carbocycles. The van der Waals surface area contributed by atoms with E-state index in [2.05, 4.69) is 20.1 Å². The zero-order chi connectivity index (χ0) is 22.1. The Bertz CT molecular complexity index is 1290. The van der Waals surface area contributed by atoms with Gasteiger partial charge in [0.1, 0.15) is 17.3 Å². The lowest BCUT2D eigenvalue weighted by Gasteiger charge is -2.16. The van der Waals surface area contributed by atoms with Crippen molar-refractivity contribution in [1.29, 1.82) is 0 Å². The molecule has 158 valence electrons. The molecule has 8 nitrogen and oxygen atoms in total. The van der Waals surface area contributed by atoms with E-state index >= 15 is 0 Å². The van der Waals surface area contributed by atoms with Crippen molar-refractivity contribution < 1.29 is 22.8 Å². The predicted octanol–water partition coefficient (Wildman–Crippen LogP) is 3.27. The molecule has 0 bridgehead atoms. The molecular weight excluding hydrogens is 413 g/mol. The number of hydrogen-bond donors (Lipinski definition) is 0. The van der Waals surface area contributed by atoms with E-state index in [-0.39, 0.29) is 34.9 Å². The smallest absolute Gasteiger partial charge is 0.329 e. The van der Waals surface area contributed by atoms with E-state index in [0.29, 0.717) is 5.56 Å². The van der Waals surface area contributed by atoms with Crippen molar-refractivity contribution in [2.45, 2.75) is 13.5 Å². The van der Waals surface area contributed by atoms with Gasteiger partial charge in [-0.15, -0.1) is 0 Å². The fraction of sp³-hybridized carbons (Fsp3) is 0.150. The van der Waals surface area contributed by atoms with Gasteiger partial charge in [0.05, 0.1) is 24.3 Å². The molecule has 0 aliphatic rings. The van der Waals surface area contributed by atoms with Crippen LogP contribution >= 0.6 is 0 Å². The van der Waals surface area contributed by atoms with Gasteiger partial charge in [0, 0.05) is 19.5 Å². The maximum Gasteiger partial charge on any atom is 0.329 e. The molecule has 4 aromatic rings. The van der Waals surface area contributed by atoms with E-state index in [4.69, 9.17) is 4.84 Å². The van der Waals surface area contributed by atoms with Crippen LogP contribution in [0.1, 0.15) is 12.5 Å². The molecule has 0 saturated carbocycles. The molecule has 31 heavy (non-hydrogen) atoms. The monoisotopic (exact) mass is 428 g/mol. The average molecular weight is 428 g/mol. The van der Waals surface area contributed by atoms with E-state index in [9.17, 15) is 18.0 Å². The summed E-state index contributed by atoms with van der Waals surface area (Å²) >= 11 is 0. The minimum atomic E-state index is -0.841. The first-order valence-electron chi connectivity index (χ1n) is 9.04. The Hall–Kier alpha value is -4.02. The van der Waals surface area contributed by atoms with E-state index in [1.165, 1.54) is 23.9 Å². The molecule has 3 aromatic heterocycles. The summed E-state index contributed by atoms with van der Waals surface area (Å²) in [4.78, 5) is 28.1. The maximum absolute atomic E-state index is 14.2. The highest BCUT2D eigenvalue weighted by atomic mass is 19.1. The van der Waals surface area contributed by atoms with Crippen LogP contribution in [-0.4, -0.2) is 37.7 Å². The Morgan fingerprint density at radius 1 is 1.13 bits per heavy atom. The first-order chi connectivity index (χ1) is 14.8. The molecule has 0 amide bonds. The van der Waals surface area contributed by atoms with Crippen LogP contribution in [0.3, 0.4) is 0 Å². The highest BCUT2D eigenvalue weighted by molar-refractivity contribution is 5.89. The standard InChI is InChI=1S/C20H15F3N6O2/c1-11(30)31-28(2)20-16(23)9-24-18(26-20)17-14-7-13(21)8-25-19(14)29(27-17)10-12-5-3-4-6-15(12)22/h3-9H,10H2,1-2H3. The summed E-state index contributed by atoms with van der Waals surface area (Å²) in [6.07, 6.45) is 1.89. The van der Waals surface area contributed by atoms with Gasteiger partial charge in [-0.1, -0.05) is 18.2 Å². The second kappa shape index (κ2) is 8.01. The van der Waals surface area contributed by atoms with Crippen LogP contribution in [0.4, 0.5) is 19.0 Å². The summed E-state index contributed by atoms with van der Waals surface area (Å²) in [6, 6.07) is 7.33. The van der Waals surface area contributed by atoms with Crippen molar-refractivity contribution >= 4 is 22.8 Å². The van der Waals surface area contributed by atoms with Crippen molar-refractivity contribution in [2.24, 2.45) is 0 Å². The lowest BCUT2D eigenvalue weighted by molar-refractivity contribution is -0.141. The molecule has 0 aliphatic carbocycles. The second-order valence-corrected chi connectivity index (χ2v) is 6.57. The predicted molar refractivity (Wildman–Crippen MR) is 104 cm³/mol. The number of benzene rings is 1. The lowest BCUT2D eigenvalue weighted by Crippen LogP contribution is -2.23. The number of nitrogens with zero attached hydrogens (tertiary/aromatic N) is 6. The molecule has 3 heterocycles. The molecular formula is C20H15F3N6O2. The Morgan fingerprint density at radius 3 is 2.65 bits per heavy atom. The number of aromatic nitrogens is 5. The van der Waals surface area contributed by atoms with Gasteiger partial charge in [-0.05, 0) is 12.1 Å². The number of rotatable bonds is 5. The van der Waals surface area contributed by atoms with Crippen molar-refractivity contribution in [3.8, 4) is 11.5 Å². The van der Waals surface area contributed by atoms with Crippen LogP contribution in [0.25, 0.3) is 22.6 Å². The highest BCUT2D eigenvalue weighted by Crippen LogP contribution is 2.28. The minimum Gasteiger partial charge on any atom is -0.340 e. The highest BCUT2D eigenvalue weighted by Gasteiger charge is 2.21. The molecule has 11 heteroatoms. The second-order valence-electron chi connectivity index (χ2n) is 6.57. The number of carbonyl (C=O) groups is 1. The first-order valence-corrected chi connectivity index (χ1v) is 9.04. The molecule has 0 fully saturated rings. The van der Waals surface area contributed by atoms with E-state index in [1.807, 2.05) is 0 Å². The Kier molecular flexibility index (Phi) is 5.24. The van der Waals surface area contributed by atoms with Crippen LogP contribution in [0.15, 0.2) is 42.7 Å².